The van der Waals surface area contributed by atoms with Gasteiger partial charge in [0.25, 0.3) is 5.56 Å². The van der Waals surface area contributed by atoms with Crippen LogP contribution in [-0.2, 0) is 16.1 Å². The quantitative estimate of drug-likeness (QED) is 0.436. The number of fused-ring (bicyclic) bond motifs is 1. The lowest BCUT2D eigenvalue weighted by molar-refractivity contribution is -0.113. The molecule has 9 heteroatoms. The van der Waals surface area contributed by atoms with Crippen LogP contribution >= 0.6 is 39.0 Å². The van der Waals surface area contributed by atoms with Gasteiger partial charge in [0, 0.05) is 11.6 Å². The molecule has 0 saturated carbocycles. The van der Waals surface area contributed by atoms with E-state index >= 15 is 0 Å². The Balaban J connectivity index is 1.78. The topological polar surface area (TPSA) is 73.2 Å². The summed E-state index contributed by atoms with van der Waals surface area (Å²) in [5.41, 5.74) is 1.26. The number of para-hydroxylation sites is 1. The number of carbonyl (C=O) groups excluding carboxylic acids is 1. The Bertz CT molecular complexity index is 987. The van der Waals surface area contributed by atoms with Crippen molar-refractivity contribution < 1.29 is 9.53 Å². The number of carbonyl (C=O) groups is 1. The van der Waals surface area contributed by atoms with Gasteiger partial charge in [0.2, 0.25) is 5.91 Å². The number of anilines is 1. The van der Waals surface area contributed by atoms with Gasteiger partial charge in [-0.2, -0.15) is 0 Å². The number of hydrogen-bond donors (Lipinski definition) is 1. The molecule has 0 fully saturated rings. The standard InChI is InChI=1S/C17H16BrN3O3S2/c1-24-8-7-21-16(23)15-13(6-9-25-15)20-17(21)26-10-14(22)19-12-5-3-2-4-11(12)18/h2-6,9H,7-8,10H2,1H3,(H,19,22). The number of methoxy groups -OCH3 is 1. The number of hydrogen-bond acceptors (Lipinski definition) is 6. The minimum Gasteiger partial charge on any atom is -0.383 e. The van der Waals surface area contributed by atoms with Gasteiger partial charge in [-0.3, -0.25) is 14.2 Å². The summed E-state index contributed by atoms with van der Waals surface area (Å²) in [6.07, 6.45) is 0. The number of nitrogens with zero attached hydrogens (tertiary/aromatic N) is 2. The maximum absolute atomic E-state index is 12.7. The van der Waals surface area contributed by atoms with Crippen molar-refractivity contribution in [3.63, 3.8) is 0 Å². The van der Waals surface area contributed by atoms with Crippen molar-refractivity contribution in [2.75, 3.05) is 24.8 Å². The summed E-state index contributed by atoms with van der Waals surface area (Å²) < 4.78 is 8.08. The predicted molar refractivity (Wildman–Crippen MR) is 109 cm³/mol. The average molecular weight is 454 g/mol. The highest BCUT2D eigenvalue weighted by Crippen LogP contribution is 2.23. The molecule has 3 aromatic rings. The van der Waals surface area contributed by atoms with Gasteiger partial charge in [-0.25, -0.2) is 4.98 Å². The van der Waals surface area contributed by atoms with Gasteiger partial charge in [-0.1, -0.05) is 23.9 Å². The van der Waals surface area contributed by atoms with E-state index in [1.165, 1.54) is 23.1 Å². The smallest absolute Gasteiger partial charge is 0.272 e. The first-order valence-electron chi connectivity index (χ1n) is 7.74. The Morgan fingerprint density at radius 3 is 2.96 bits per heavy atom. The summed E-state index contributed by atoms with van der Waals surface area (Å²) in [5, 5.41) is 5.20. The summed E-state index contributed by atoms with van der Waals surface area (Å²) in [4.78, 5) is 29.5. The van der Waals surface area contributed by atoms with Crippen molar-refractivity contribution in [1.82, 2.24) is 9.55 Å². The van der Waals surface area contributed by atoms with Crippen molar-refractivity contribution in [1.29, 1.82) is 0 Å². The van der Waals surface area contributed by atoms with Crippen LogP contribution in [0.25, 0.3) is 10.2 Å². The maximum Gasteiger partial charge on any atom is 0.272 e. The SMILES string of the molecule is COCCn1c(SCC(=O)Nc2ccccc2Br)nc2ccsc2c1=O. The van der Waals surface area contributed by atoms with Gasteiger partial charge >= 0.3 is 0 Å². The molecule has 0 atom stereocenters. The fourth-order valence-corrected chi connectivity index (χ4v) is 4.28. The van der Waals surface area contributed by atoms with Crippen molar-refractivity contribution >= 4 is 60.8 Å². The highest BCUT2D eigenvalue weighted by Gasteiger charge is 2.14. The van der Waals surface area contributed by atoms with E-state index in [-0.39, 0.29) is 17.2 Å². The minimum atomic E-state index is -0.167. The maximum atomic E-state index is 12.7. The Morgan fingerprint density at radius 1 is 1.38 bits per heavy atom. The van der Waals surface area contributed by atoms with Crippen molar-refractivity contribution in [2.45, 2.75) is 11.7 Å². The van der Waals surface area contributed by atoms with Crippen LogP contribution in [0.3, 0.4) is 0 Å². The zero-order chi connectivity index (χ0) is 18.5. The van der Waals surface area contributed by atoms with Gasteiger partial charge in [-0.05, 0) is 39.5 Å². The number of benzene rings is 1. The van der Waals surface area contributed by atoms with Gasteiger partial charge in [-0.15, -0.1) is 11.3 Å². The molecule has 26 heavy (non-hydrogen) atoms. The Labute approximate surface area is 166 Å². The third-order valence-electron chi connectivity index (χ3n) is 3.53. The Kier molecular flexibility index (Phi) is 6.47. The van der Waals surface area contributed by atoms with E-state index in [0.717, 1.165) is 4.47 Å². The first-order valence-corrected chi connectivity index (χ1v) is 10.4. The summed E-state index contributed by atoms with van der Waals surface area (Å²) in [5.74, 6) is -0.0176. The van der Waals surface area contributed by atoms with Gasteiger partial charge in [0.15, 0.2) is 5.16 Å². The van der Waals surface area contributed by atoms with E-state index in [9.17, 15) is 9.59 Å². The van der Waals surface area contributed by atoms with Crippen LogP contribution in [0.2, 0.25) is 0 Å². The monoisotopic (exact) mass is 453 g/mol. The van der Waals surface area contributed by atoms with E-state index in [1.54, 1.807) is 11.7 Å². The predicted octanol–water partition coefficient (Wildman–Crippen LogP) is 3.60. The van der Waals surface area contributed by atoms with Crippen molar-refractivity contribution in [2.24, 2.45) is 0 Å². The first-order chi connectivity index (χ1) is 12.6. The molecule has 2 heterocycles. The van der Waals surface area contributed by atoms with E-state index in [1.807, 2.05) is 35.7 Å². The number of thiophene rings is 1. The molecule has 0 bridgehead atoms. The fourth-order valence-electron chi connectivity index (χ4n) is 2.29. The van der Waals surface area contributed by atoms with Crippen LogP contribution in [-0.4, -0.2) is 34.9 Å². The van der Waals surface area contributed by atoms with Crippen LogP contribution in [0, 0.1) is 0 Å². The van der Waals surface area contributed by atoms with Crippen molar-refractivity contribution in [3.05, 3.63) is 50.5 Å². The normalized spacial score (nSPS) is 11.0. The molecule has 0 aliphatic rings. The molecule has 2 aromatic heterocycles. The number of ether oxygens (including phenoxy) is 1. The largest absolute Gasteiger partial charge is 0.383 e. The van der Waals surface area contributed by atoms with Crippen LogP contribution in [0.5, 0.6) is 0 Å². The molecular formula is C17H16BrN3O3S2. The van der Waals surface area contributed by atoms with Gasteiger partial charge < -0.3 is 10.1 Å². The zero-order valence-electron chi connectivity index (χ0n) is 13.9. The Hall–Kier alpha value is -1.68. The molecule has 1 aromatic carbocycles. The van der Waals surface area contributed by atoms with Crippen LogP contribution in [0.4, 0.5) is 5.69 Å². The molecule has 0 unspecified atom stereocenters. The lowest BCUT2D eigenvalue weighted by Crippen LogP contribution is -2.25. The number of amides is 1. The van der Waals surface area contributed by atoms with E-state index in [0.29, 0.717) is 34.2 Å². The summed E-state index contributed by atoms with van der Waals surface area (Å²) in [6.45, 7) is 0.791. The highest BCUT2D eigenvalue weighted by atomic mass is 79.9. The highest BCUT2D eigenvalue weighted by molar-refractivity contribution is 9.10. The molecule has 0 radical (unpaired) electrons. The molecule has 1 amide bonds. The molecule has 0 saturated heterocycles. The zero-order valence-corrected chi connectivity index (χ0v) is 17.1. The van der Waals surface area contributed by atoms with Crippen LogP contribution < -0.4 is 10.9 Å². The first kappa shape index (κ1) is 19.1. The van der Waals surface area contributed by atoms with Crippen molar-refractivity contribution in [3.8, 4) is 0 Å². The molecule has 6 nitrogen and oxygen atoms in total. The second-order valence-electron chi connectivity index (χ2n) is 5.30. The van der Waals surface area contributed by atoms with Crippen LogP contribution in [0.1, 0.15) is 0 Å². The lowest BCUT2D eigenvalue weighted by atomic mass is 10.3. The molecule has 0 aliphatic heterocycles. The Morgan fingerprint density at radius 2 is 2.19 bits per heavy atom. The summed E-state index contributed by atoms with van der Waals surface area (Å²) >= 11 is 6.01. The summed E-state index contributed by atoms with van der Waals surface area (Å²) in [6, 6.07) is 9.21. The molecule has 0 aliphatic carbocycles. The second kappa shape index (κ2) is 8.81. The number of halogens is 1. The third kappa shape index (κ3) is 4.35. The number of rotatable bonds is 7. The molecule has 136 valence electrons. The number of aromatic nitrogens is 2. The molecule has 0 spiro atoms. The summed E-state index contributed by atoms with van der Waals surface area (Å²) in [7, 11) is 1.58. The lowest BCUT2D eigenvalue weighted by Gasteiger charge is -2.12. The van der Waals surface area contributed by atoms with E-state index in [4.69, 9.17) is 4.74 Å². The number of nitrogens with one attached hydrogen (secondary N) is 1. The molecular weight excluding hydrogens is 438 g/mol. The van der Waals surface area contributed by atoms with Gasteiger partial charge in [0.1, 0.15) is 4.70 Å². The molecule has 1 N–H and O–H groups in total. The van der Waals surface area contributed by atoms with E-state index < -0.39 is 0 Å². The van der Waals surface area contributed by atoms with Crippen LogP contribution in [0.15, 0.2) is 50.1 Å². The second-order valence-corrected chi connectivity index (χ2v) is 8.01. The number of thioether (sulfide) groups is 1. The van der Waals surface area contributed by atoms with E-state index in [2.05, 4.69) is 26.2 Å². The fraction of sp³-hybridized carbons (Fsp3) is 0.235. The third-order valence-corrected chi connectivity index (χ3v) is 6.09. The average Bonchev–Trinajstić information content (AvgIpc) is 3.10. The molecule has 3 rings (SSSR count). The van der Waals surface area contributed by atoms with Gasteiger partial charge in [0.05, 0.1) is 30.1 Å². The minimum absolute atomic E-state index is 0.101.